The van der Waals surface area contributed by atoms with Crippen LogP contribution in [0.2, 0.25) is 0 Å². The first kappa shape index (κ1) is 11.9. The summed E-state index contributed by atoms with van der Waals surface area (Å²) in [6.07, 6.45) is 1.51. The Morgan fingerprint density at radius 1 is 1.11 bits per heavy atom. The van der Waals surface area contributed by atoms with E-state index in [9.17, 15) is 9.59 Å². The zero-order valence-electron chi connectivity index (χ0n) is 9.64. The van der Waals surface area contributed by atoms with Gasteiger partial charge in [-0.1, -0.05) is 30.3 Å². The highest BCUT2D eigenvalue weighted by Crippen LogP contribution is 1.99. The van der Waals surface area contributed by atoms with Gasteiger partial charge in [0.05, 0.1) is 0 Å². The first-order chi connectivity index (χ1) is 8.75. The van der Waals surface area contributed by atoms with E-state index in [2.05, 4.69) is 15.6 Å². The molecule has 2 aromatic rings. The number of benzene rings is 1. The van der Waals surface area contributed by atoms with Gasteiger partial charge in [-0.15, -0.1) is 0 Å². The summed E-state index contributed by atoms with van der Waals surface area (Å²) in [5.74, 6) is 0. The highest BCUT2D eigenvalue weighted by molar-refractivity contribution is 5.88. The molecule has 1 heterocycles. The summed E-state index contributed by atoms with van der Waals surface area (Å²) >= 11 is 0. The summed E-state index contributed by atoms with van der Waals surface area (Å²) in [4.78, 5) is 25.4. The number of anilines is 1. The summed E-state index contributed by atoms with van der Waals surface area (Å²) in [7, 11) is 0. The van der Waals surface area contributed by atoms with Gasteiger partial charge in [-0.3, -0.25) is 4.79 Å². The van der Waals surface area contributed by atoms with Crippen LogP contribution >= 0.6 is 0 Å². The van der Waals surface area contributed by atoms with Crippen molar-refractivity contribution in [3.05, 3.63) is 64.6 Å². The third kappa shape index (κ3) is 3.21. The smallest absolute Gasteiger partial charge is 0.319 e. The number of carbonyl (C=O) groups excluding carboxylic acids is 1. The molecular weight excluding hydrogens is 230 g/mol. The average Bonchev–Trinajstić information content (AvgIpc) is 2.40. The first-order valence-corrected chi connectivity index (χ1v) is 5.52. The molecule has 0 fully saturated rings. The molecule has 2 rings (SSSR count). The summed E-state index contributed by atoms with van der Waals surface area (Å²) in [5.41, 5.74) is 0.894. The Bertz CT molecular complexity index is 578. The van der Waals surface area contributed by atoms with Gasteiger partial charge in [0, 0.05) is 12.7 Å². The second kappa shape index (κ2) is 5.67. The van der Waals surface area contributed by atoms with Crippen molar-refractivity contribution >= 4 is 11.7 Å². The van der Waals surface area contributed by atoms with Crippen molar-refractivity contribution in [1.82, 2.24) is 10.3 Å². The lowest BCUT2D eigenvalue weighted by Gasteiger charge is -2.06. The quantitative estimate of drug-likeness (QED) is 0.767. The molecule has 5 nitrogen and oxygen atoms in total. The van der Waals surface area contributed by atoms with Crippen molar-refractivity contribution in [2.24, 2.45) is 0 Å². The number of rotatable bonds is 3. The van der Waals surface area contributed by atoms with Crippen molar-refractivity contribution < 1.29 is 4.79 Å². The fraction of sp³-hybridized carbons (Fsp3) is 0.0769. The van der Waals surface area contributed by atoms with Crippen molar-refractivity contribution in [1.29, 1.82) is 0 Å². The molecule has 0 spiro atoms. The van der Waals surface area contributed by atoms with Gasteiger partial charge in [-0.25, -0.2) is 4.79 Å². The van der Waals surface area contributed by atoms with Crippen LogP contribution in [0.15, 0.2) is 53.5 Å². The molecule has 5 heteroatoms. The van der Waals surface area contributed by atoms with Crippen molar-refractivity contribution in [3.63, 3.8) is 0 Å². The van der Waals surface area contributed by atoms with Crippen molar-refractivity contribution in [2.45, 2.75) is 6.54 Å². The Morgan fingerprint density at radius 3 is 2.61 bits per heavy atom. The Hall–Kier alpha value is -2.56. The van der Waals surface area contributed by atoms with Crippen LogP contribution < -0.4 is 16.2 Å². The van der Waals surface area contributed by atoms with Crippen molar-refractivity contribution in [3.8, 4) is 0 Å². The molecule has 92 valence electrons. The number of hydrogen-bond donors (Lipinski definition) is 3. The third-order valence-corrected chi connectivity index (χ3v) is 2.36. The number of pyridine rings is 1. The van der Waals surface area contributed by atoms with Gasteiger partial charge in [0.2, 0.25) is 0 Å². The molecule has 1 aromatic carbocycles. The van der Waals surface area contributed by atoms with Crippen LogP contribution in [0.3, 0.4) is 0 Å². The molecular formula is C13H13N3O2. The monoisotopic (exact) mass is 243 g/mol. The summed E-state index contributed by atoms with van der Waals surface area (Å²) in [6, 6.07) is 12.3. The fourth-order valence-corrected chi connectivity index (χ4v) is 1.46. The summed E-state index contributed by atoms with van der Waals surface area (Å²) < 4.78 is 0. The molecule has 0 saturated heterocycles. The molecule has 3 N–H and O–H groups in total. The van der Waals surface area contributed by atoms with Crippen LogP contribution in [0.25, 0.3) is 0 Å². The van der Waals surface area contributed by atoms with Gasteiger partial charge in [0.1, 0.15) is 5.69 Å². The lowest BCUT2D eigenvalue weighted by atomic mass is 10.2. The predicted molar refractivity (Wildman–Crippen MR) is 69.4 cm³/mol. The van der Waals surface area contributed by atoms with E-state index in [1.54, 1.807) is 12.1 Å². The molecule has 0 unspecified atom stereocenters. The molecule has 0 radical (unpaired) electrons. The maximum atomic E-state index is 11.6. The van der Waals surface area contributed by atoms with Crippen LogP contribution in [-0.4, -0.2) is 11.0 Å². The molecule has 0 saturated carbocycles. The molecule has 0 aliphatic heterocycles. The van der Waals surface area contributed by atoms with Crippen LogP contribution in [0.4, 0.5) is 10.5 Å². The van der Waals surface area contributed by atoms with E-state index in [0.29, 0.717) is 6.54 Å². The number of H-pyrrole nitrogens is 1. The minimum atomic E-state index is -0.407. The number of hydrogen-bond acceptors (Lipinski definition) is 2. The number of carbonyl (C=O) groups is 1. The van der Waals surface area contributed by atoms with Crippen LogP contribution in [0.5, 0.6) is 0 Å². The first-order valence-electron chi connectivity index (χ1n) is 5.52. The summed E-state index contributed by atoms with van der Waals surface area (Å²) in [6.45, 7) is 0.414. The van der Waals surface area contributed by atoms with Crippen molar-refractivity contribution in [2.75, 3.05) is 5.32 Å². The van der Waals surface area contributed by atoms with Gasteiger partial charge in [0.25, 0.3) is 5.56 Å². The predicted octanol–water partition coefficient (Wildman–Crippen LogP) is 1.70. The fourth-order valence-electron chi connectivity index (χ4n) is 1.46. The number of aromatic nitrogens is 1. The lowest BCUT2D eigenvalue weighted by molar-refractivity contribution is 0.251. The van der Waals surface area contributed by atoms with Crippen LogP contribution in [0.1, 0.15) is 5.56 Å². The average molecular weight is 243 g/mol. The lowest BCUT2D eigenvalue weighted by Crippen LogP contribution is -2.30. The zero-order chi connectivity index (χ0) is 12.8. The molecule has 2 amide bonds. The second-order valence-corrected chi connectivity index (χ2v) is 3.71. The van der Waals surface area contributed by atoms with E-state index < -0.39 is 6.03 Å². The van der Waals surface area contributed by atoms with Gasteiger partial charge < -0.3 is 15.6 Å². The van der Waals surface area contributed by atoms with E-state index in [1.807, 2.05) is 30.3 Å². The van der Waals surface area contributed by atoms with Crippen LogP contribution in [0, 0.1) is 0 Å². The number of nitrogens with one attached hydrogen (secondary N) is 3. The number of urea groups is 1. The molecule has 0 aliphatic carbocycles. The van der Waals surface area contributed by atoms with E-state index in [0.717, 1.165) is 5.56 Å². The zero-order valence-corrected chi connectivity index (χ0v) is 9.64. The molecule has 0 atom stereocenters. The maximum Gasteiger partial charge on any atom is 0.319 e. The molecule has 18 heavy (non-hydrogen) atoms. The Labute approximate surface area is 104 Å². The SMILES string of the molecule is O=C(NCc1ccccc1)Nc1ccc[nH]c1=O. The number of amides is 2. The van der Waals surface area contributed by atoms with Gasteiger partial charge in [0.15, 0.2) is 0 Å². The van der Waals surface area contributed by atoms with Gasteiger partial charge in [-0.2, -0.15) is 0 Å². The summed E-state index contributed by atoms with van der Waals surface area (Å²) in [5, 5.41) is 5.16. The van der Waals surface area contributed by atoms with E-state index in [4.69, 9.17) is 0 Å². The standard InChI is InChI=1S/C13H13N3O2/c17-12-11(7-4-8-14-12)16-13(18)15-9-10-5-2-1-3-6-10/h1-8H,9H2,(H,14,17)(H2,15,16,18). The molecule has 0 bridgehead atoms. The second-order valence-electron chi connectivity index (χ2n) is 3.71. The molecule has 1 aromatic heterocycles. The third-order valence-electron chi connectivity index (χ3n) is 2.36. The normalized spacial score (nSPS) is 9.78. The van der Waals surface area contributed by atoms with Crippen LogP contribution in [-0.2, 0) is 6.54 Å². The van der Waals surface area contributed by atoms with E-state index in [-0.39, 0.29) is 11.2 Å². The largest absolute Gasteiger partial charge is 0.334 e. The number of aromatic amines is 1. The van der Waals surface area contributed by atoms with Gasteiger partial charge >= 0.3 is 6.03 Å². The highest BCUT2D eigenvalue weighted by Gasteiger charge is 2.03. The van der Waals surface area contributed by atoms with E-state index in [1.165, 1.54) is 6.20 Å². The minimum Gasteiger partial charge on any atom is -0.334 e. The molecule has 0 aliphatic rings. The topological polar surface area (TPSA) is 74.0 Å². The Morgan fingerprint density at radius 2 is 1.89 bits per heavy atom. The Kier molecular flexibility index (Phi) is 3.76. The Balaban J connectivity index is 1.90. The van der Waals surface area contributed by atoms with E-state index >= 15 is 0 Å². The minimum absolute atomic E-state index is 0.225. The maximum absolute atomic E-state index is 11.6. The highest BCUT2D eigenvalue weighted by atomic mass is 16.2. The van der Waals surface area contributed by atoms with Gasteiger partial charge in [-0.05, 0) is 17.7 Å².